The van der Waals surface area contributed by atoms with Crippen molar-refractivity contribution < 1.29 is 9.59 Å². The number of nitriles is 1. The van der Waals surface area contributed by atoms with Gasteiger partial charge in [0.05, 0.1) is 6.07 Å². The third-order valence-corrected chi connectivity index (χ3v) is 2.99. The number of likely N-dealkylation sites (N-methyl/N-ethyl adjacent to an activating group) is 1. The van der Waals surface area contributed by atoms with Crippen LogP contribution in [0.2, 0.25) is 0 Å². The first kappa shape index (κ1) is 17.4. The normalized spacial score (nSPS) is 10.1. The Balaban J connectivity index is 4.16. The van der Waals surface area contributed by atoms with E-state index in [1.54, 1.807) is 6.07 Å². The summed E-state index contributed by atoms with van der Waals surface area (Å²) in [6.45, 7) is 9.84. The fourth-order valence-electron chi connectivity index (χ4n) is 1.77. The van der Waals surface area contributed by atoms with Crippen LogP contribution < -0.4 is 5.32 Å². The first-order chi connectivity index (χ1) is 9.10. The second-order valence-electron chi connectivity index (χ2n) is 4.11. The number of carbonyl (C=O) groups excluding carboxylic acids is 2. The second-order valence-corrected chi connectivity index (χ2v) is 4.11. The summed E-state index contributed by atoms with van der Waals surface area (Å²) in [6.07, 6.45) is 0.840. The maximum absolute atomic E-state index is 11.8. The van der Waals surface area contributed by atoms with Gasteiger partial charge in [0.25, 0.3) is 0 Å². The van der Waals surface area contributed by atoms with E-state index in [9.17, 15) is 9.59 Å². The van der Waals surface area contributed by atoms with E-state index in [-0.39, 0.29) is 6.54 Å². The highest BCUT2D eigenvalue weighted by atomic mass is 16.2. The smallest absolute Gasteiger partial charge is 0.311 e. The SMILES string of the molecule is CCN(CC)CCCN(CC)C(=O)C(=O)NCC#N. The zero-order valence-electron chi connectivity index (χ0n) is 12.1. The van der Waals surface area contributed by atoms with E-state index in [1.807, 2.05) is 6.92 Å². The van der Waals surface area contributed by atoms with E-state index in [0.717, 1.165) is 26.1 Å². The molecule has 0 radical (unpaired) electrons. The van der Waals surface area contributed by atoms with Gasteiger partial charge in [-0.15, -0.1) is 0 Å². The van der Waals surface area contributed by atoms with Crippen LogP contribution in [0.15, 0.2) is 0 Å². The molecule has 0 spiro atoms. The van der Waals surface area contributed by atoms with Gasteiger partial charge in [-0.25, -0.2) is 0 Å². The molecule has 0 atom stereocenters. The Morgan fingerprint density at radius 1 is 1.11 bits per heavy atom. The van der Waals surface area contributed by atoms with E-state index in [0.29, 0.717) is 13.1 Å². The molecule has 0 rings (SSSR count). The maximum atomic E-state index is 11.8. The summed E-state index contributed by atoms with van der Waals surface area (Å²) in [5.41, 5.74) is 0. The van der Waals surface area contributed by atoms with Crippen LogP contribution in [0.4, 0.5) is 0 Å². The molecule has 6 nitrogen and oxygen atoms in total. The highest BCUT2D eigenvalue weighted by molar-refractivity contribution is 6.35. The first-order valence-electron chi connectivity index (χ1n) is 6.77. The number of amides is 2. The minimum atomic E-state index is -0.703. The van der Waals surface area contributed by atoms with Crippen molar-refractivity contribution in [3.63, 3.8) is 0 Å². The van der Waals surface area contributed by atoms with Crippen LogP contribution in [0.3, 0.4) is 0 Å². The molecule has 0 bridgehead atoms. The monoisotopic (exact) mass is 268 g/mol. The number of carbonyl (C=O) groups is 2. The fourth-order valence-corrected chi connectivity index (χ4v) is 1.77. The molecule has 6 heteroatoms. The molecule has 0 saturated carbocycles. The van der Waals surface area contributed by atoms with E-state index in [4.69, 9.17) is 5.26 Å². The summed E-state index contributed by atoms with van der Waals surface area (Å²) in [5.74, 6) is -1.26. The van der Waals surface area contributed by atoms with Crippen LogP contribution in [0.25, 0.3) is 0 Å². The molecule has 19 heavy (non-hydrogen) atoms. The minimum absolute atomic E-state index is 0.137. The van der Waals surface area contributed by atoms with Gasteiger partial charge < -0.3 is 15.1 Å². The van der Waals surface area contributed by atoms with Gasteiger partial charge in [0.15, 0.2) is 0 Å². The Morgan fingerprint density at radius 2 is 1.74 bits per heavy atom. The molecule has 0 aliphatic rings. The van der Waals surface area contributed by atoms with Crippen molar-refractivity contribution in [3.05, 3.63) is 0 Å². The predicted molar refractivity (Wildman–Crippen MR) is 73.3 cm³/mol. The summed E-state index contributed by atoms with van der Waals surface area (Å²) in [7, 11) is 0. The Morgan fingerprint density at radius 3 is 2.21 bits per heavy atom. The number of rotatable bonds is 8. The van der Waals surface area contributed by atoms with Gasteiger partial charge in [0.1, 0.15) is 6.54 Å². The summed E-state index contributed by atoms with van der Waals surface area (Å²) in [6, 6.07) is 1.77. The molecule has 0 heterocycles. The molecule has 1 N–H and O–H groups in total. The average Bonchev–Trinajstić information content (AvgIpc) is 2.44. The highest BCUT2D eigenvalue weighted by Gasteiger charge is 2.19. The maximum Gasteiger partial charge on any atom is 0.311 e. The van der Waals surface area contributed by atoms with Crippen LogP contribution in [-0.4, -0.2) is 60.9 Å². The molecule has 0 fully saturated rings. The van der Waals surface area contributed by atoms with Crippen LogP contribution in [0, 0.1) is 11.3 Å². The van der Waals surface area contributed by atoms with Crippen LogP contribution in [0.5, 0.6) is 0 Å². The summed E-state index contributed by atoms with van der Waals surface area (Å²) in [5, 5.41) is 10.6. The van der Waals surface area contributed by atoms with Crippen molar-refractivity contribution in [2.75, 3.05) is 39.3 Å². The molecule has 2 amide bonds. The Hall–Kier alpha value is -1.61. The quantitative estimate of drug-likeness (QED) is 0.504. The summed E-state index contributed by atoms with van der Waals surface area (Å²) < 4.78 is 0. The molecule has 0 aromatic carbocycles. The summed E-state index contributed by atoms with van der Waals surface area (Å²) >= 11 is 0. The Bertz CT molecular complexity index is 321. The van der Waals surface area contributed by atoms with Crippen LogP contribution >= 0.6 is 0 Å². The molecule has 0 aromatic heterocycles. The Labute approximate surface area is 115 Å². The van der Waals surface area contributed by atoms with Gasteiger partial charge in [-0.3, -0.25) is 9.59 Å². The number of nitrogens with one attached hydrogen (secondary N) is 1. The van der Waals surface area contributed by atoms with Crippen molar-refractivity contribution in [1.82, 2.24) is 15.1 Å². The lowest BCUT2D eigenvalue weighted by atomic mass is 10.3. The van der Waals surface area contributed by atoms with Crippen molar-refractivity contribution in [1.29, 1.82) is 5.26 Å². The van der Waals surface area contributed by atoms with Crippen molar-refractivity contribution >= 4 is 11.8 Å². The van der Waals surface area contributed by atoms with Gasteiger partial charge in [-0.1, -0.05) is 13.8 Å². The number of hydrogen-bond acceptors (Lipinski definition) is 4. The molecular weight excluding hydrogens is 244 g/mol. The van der Waals surface area contributed by atoms with Crippen molar-refractivity contribution in [3.8, 4) is 6.07 Å². The summed E-state index contributed by atoms with van der Waals surface area (Å²) in [4.78, 5) is 27.0. The molecule has 0 unspecified atom stereocenters. The average molecular weight is 268 g/mol. The molecular formula is C13H24N4O2. The van der Waals surface area contributed by atoms with Gasteiger partial charge in [-0.2, -0.15) is 5.26 Å². The molecule has 0 saturated heterocycles. The Kier molecular flexibility index (Phi) is 9.45. The highest BCUT2D eigenvalue weighted by Crippen LogP contribution is 1.96. The largest absolute Gasteiger partial charge is 0.335 e. The van der Waals surface area contributed by atoms with E-state index >= 15 is 0 Å². The van der Waals surface area contributed by atoms with Crippen molar-refractivity contribution in [2.24, 2.45) is 0 Å². The number of nitrogens with zero attached hydrogens (tertiary/aromatic N) is 3. The van der Waals surface area contributed by atoms with E-state index in [1.165, 1.54) is 4.90 Å². The molecule has 0 aliphatic carbocycles. The minimum Gasteiger partial charge on any atom is -0.335 e. The van der Waals surface area contributed by atoms with Crippen LogP contribution in [0.1, 0.15) is 27.2 Å². The lowest BCUT2D eigenvalue weighted by Gasteiger charge is -2.23. The molecule has 0 aliphatic heterocycles. The predicted octanol–water partition coefficient (Wildman–Crippen LogP) is 0.207. The van der Waals surface area contributed by atoms with Gasteiger partial charge in [-0.05, 0) is 33.0 Å². The third-order valence-electron chi connectivity index (χ3n) is 2.99. The van der Waals surface area contributed by atoms with E-state index in [2.05, 4.69) is 24.1 Å². The zero-order chi connectivity index (χ0) is 14.7. The van der Waals surface area contributed by atoms with E-state index < -0.39 is 11.8 Å². The van der Waals surface area contributed by atoms with Gasteiger partial charge >= 0.3 is 11.8 Å². The first-order valence-corrected chi connectivity index (χ1v) is 6.77. The molecule has 108 valence electrons. The van der Waals surface area contributed by atoms with Crippen molar-refractivity contribution in [2.45, 2.75) is 27.2 Å². The topological polar surface area (TPSA) is 76.4 Å². The third kappa shape index (κ3) is 6.77. The van der Waals surface area contributed by atoms with Gasteiger partial charge in [0, 0.05) is 13.1 Å². The fraction of sp³-hybridized carbons (Fsp3) is 0.769. The lowest BCUT2D eigenvalue weighted by Crippen LogP contribution is -2.44. The lowest BCUT2D eigenvalue weighted by molar-refractivity contribution is -0.145. The molecule has 0 aromatic rings. The standard InChI is InChI=1S/C13H24N4O2/c1-4-16(5-2)10-7-11-17(6-3)13(19)12(18)15-9-8-14/h4-7,9-11H2,1-3H3,(H,15,18). The van der Waals surface area contributed by atoms with Gasteiger partial charge in [0.2, 0.25) is 0 Å². The van der Waals surface area contributed by atoms with Crippen LogP contribution in [-0.2, 0) is 9.59 Å². The number of hydrogen-bond donors (Lipinski definition) is 1. The zero-order valence-corrected chi connectivity index (χ0v) is 12.1. The second kappa shape index (κ2) is 10.3.